The maximum Gasteiger partial charge on any atom is 0.193 e. The fourth-order valence-electron chi connectivity index (χ4n) is 1.49. The summed E-state index contributed by atoms with van der Waals surface area (Å²) in [6.07, 6.45) is 2.38. The van der Waals surface area contributed by atoms with Gasteiger partial charge in [-0.15, -0.1) is 0 Å². The van der Waals surface area contributed by atoms with Crippen molar-refractivity contribution in [2.75, 3.05) is 0 Å². The molecule has 0 amide bonds. The van der Waals surface area contributed by atoms with E-state index in [1.807, 2.05) is 12.1 Å². The quantitative estimate of drug-likeness (QED) is 0.672. The summed E-state index contributed by atoms with van der Waals surface area (Å²) in [5.41, 5.74) is 3.61. The van der Waals surface area contributed by atoms with Gasteiger partial charge in [-0.2, -0.15) is 0 Å². The van der Waals surface area contributed by atoms with E-state index >= 15 is 0 Å². The van der Waals surface area contributed by atoms with Crippen LogP contribution in [0.2, 0.25) is 5.22 Å². The van der Waals surface area contributed by atoms with Crippen molar-refractivity contribution < 1.29 is 4.42 Å². The molecule has 0 spiro atoms. The molecule has 0 aliphatic heterocycles. The van der Waals surface area contributed by atoms with Gasteiger partial charge in [0.25, 0.3) is 0 Å². The Balaban J connectivity index is 2.12. The van der Waals surface area contributed by atoms with Crippen LogP contribution in [0.3, 0.4) is 0 Å². The number of furan rings is 1. The molecule has 0 aliphatic rings. The van der Waals surface area contributed by atoms with E-state index in [4.69, 9.17) is 21.9 Å². The van der Waals surface area contributed by atoms with E-state index in [1.54, 1.807) is 18.3 Å². The maximum atomic E-state index is 5.73. The summed E-state index contributed by atoms with van der Waals surface area (Å²) in [6, 6.07) is 7.21. The number of aromatic nitrogens is 1. The van der Waals surface area contributed by atoms with Crippen LogP contribution in [0.1, 0.15) is 17.5 Å². The summed E-state index contributed by atoms with van der Waals surface area (Å²) in [6.45, 7) is 0. The van der Waals surface area contributed by atoms with Crippen LogP contribution >= 0.6 is 27.5 Å². The first kappa shape index (κ1) is 12.6. The molecule has 1 atom stereocenters. The average molecular weight is 317 g/mol. The smallest absolute Gasteiger partial charge is 0.193 e. The van der Waals surface area contributed by atoms with Gasteiger partial charge in [0.1, 0.15) is 5.76 Å². The Morgan fingerprint density at radius 1 is 1.41 bits per heavy atom. The van der Waals surface area contributed by atoms with Crippen molar-refractivity contribution in [3.05, 3.63) is 51.6 Å². The van der Waals surface area contributed by atoms with E-state index in [0.717, 1.165) is 10.2 Å². The Morgan fingerprint density at radius 3 is 2.76 bits per heavy atom. The minimum atomic E-state index is -0.142. The molecule has 4 nitrogen and oxygen atoms in total. The first-order valence-corrected chi connectivity index (χ1v) is 6.18. The van der Waals surface area contributed by atoms with Crippen LogP contribution in [-0.4, -0.2) is 4.98 Å². The lowest BCUT2D eigenvalue weighted by Crippen LogP contribution is -2.29. The lowest BCUT2D eigenvalue weighted by molar-refractivity contribution is 0.415. The van der Waals surface area contributed by atoms with Crippen molar-refractivity contribution in [3.63, 3.8) is 0 Å². The van der Waals surface area contributed by atoms with Crippen molar-refractivity contribution >= 4 is 27.5 Å². The SMILES string of the molecule is NNC(Cc1ccc(Br)cn1)c1ccc(Cl)o1. The number of nitrogens with zero attached hydrogens (tertiary/aromatic N) is 1. The first-order valence-electron chi connectivity index (χ1n) is 5.01. The number of hydrazine groups is 1. The lowest BCUT2D eigenvalue weighted by atomic mass is 10.1. The second-order valence-corrected chi connectivity index (χ2v) is 4.82. The predicted molar refractivity (Wildman–Crippen MR) is 69.4 cm³/mol. The molecular formula is C11H11BrClN3O. The number of nitrogens with one attached hydrogen (secondary N) is 1. The van der Waals surface area contributed by atoms with Crippen LogP contribution in [0.4, 0.5) is 0 Å². The molecule has 90 valence electrons. The van der Waals surface area contributed by atoms with Gasteiger partial charge in [0.05, 0.1) is 6.04 Å². The van der Waals surface area contributed by atoms with Gasteiger partial charge in [-0.05, 0) is 51.8 Å². The van der Waals surface area contributed by atoms with Crippen molar-refractivity contribution in [3.8, 4) is 0 Å². The molecule has 0 aliphatic carbocycles. The van der Waals surface area contributed by atoms with Gasteiger partial charge in [-0.25, -0.2) is 5.43 Å². The van der Waals surface area contributed by atoms with Crippen LogP contribution in [-0.2, 0) is 6.42 Å². The predicted octanol–water partition coefficient (Wildman–Crippen LogP) is 2.84. The molecular weight excluding hydrogens is 305 g/mol. The average Bonchev–Trinajstić information content (AvgIpc) is 2.75. The highest BCUT2D eigenvalue weighted by atomic mass is 79.9. The minimum absolute atomic E-state index is 0.142. The molecule has 6 heteroatoms. The van der Waals surface area contributed by atoms with Crippen LogP contribution in [0.5, 0.6) is 0 Å². The van der Waals surface area contributed by atoms with Gasteiger partial charge in [0.15, 0.2) is 5.22 Å². The maximum absolute atomic E-state index is 5.73. The topological polar surface area (TPSA) is 64.1 Å². The molecule has 0 radical (unpaired) electrons. The molecule has 2 aromatic rings. The number of hydrogen-bond donors (Lipinski definition) is 2. The Kier molecular flexibility index (Phi) is 4.17. The van der Waals surface area contributed by atoms with Gasteiger partial charge in [0.2, 0.25) is 0 Å². The fourth-order valence-corrected chi connectivity index (χ4v) is 1.88. The first-order chi connectivity index (χ1) is 8.19. The molecule has 2 aromatic heterocycles. The number of pyridine rings is 1. The zero-order valence-electron chi connectivity index (χ0n) is 8.86. The van der Waals surface area contributed by atoms with Crippen molar-refractivity contribution in [1.29, 1.82) is 0 Å². The summed E-state index contributed by atoms with van der Waals surface area (Å²) < 4.78 is 6.26. The number of nitrogens with two attached hydrogens (primary N) is 1. The summed E-state index contributed by atoms with van der Waals surface area (Å²) in [4.78, 5) is 4.28. The molecule has 0 aromatic carbocycles. The monoisotopic (exact) mass is 315 g/mol. The van der Waals surface area contributed by atoms with E-state index in [0.29, 0.717) is 17.4 Å². The number of hydrogen-bond acceptors (Lipinski definition) is 4. The summed E-state index contributed by atoms with van der Waals surface area (Å²) in [5.74, 6) is 6.20. The van der Waals surface area contributed by atoms with Crippen LogP contribution in [0, 0.1) is 0 Å². The third-order valence-corrected chi connectivity index (χ3v) is 3.01. The zero-order valence-corrected chi connectivity index (χ0v) is 11.2. The summed E-state index contributed by atoms with van der Waals surface area (Å²) >= 11 is 9.07. The fraction of sp³-hybridized carbons (Fsp3) is 0.182. The van der Waals surface area contributed by atoms with Gasteiger partial charge in [0, 0.05) is 22.8 Å². The Hall–Kier alpha value is -0.880. The molecule has 0 saturated heterocycles. The van der Waals surface area contributed by atoms with Crippen LogP contribution in [0.25, 0.3) is 0 Å². The zero-order chi connectivity index (χ0) is 12.3. The second kappa shape index (κ2) is 5.64. The molecule has 0 fully saturated rings. The lowest BCUT2D eigenvalue weighted by Gasteiger charge is -2.12. The highest BCUT2D eigenvalue weighted by Crippen LogP contribution is 2.22. The highest BCUT2D eigenvalue weighted by Gasteiger charge is 2.15. The minimum Gasteiger partial charge on any atom is -0.448 e. The molecule has 17 heavy (non-hydrogen) atoms. The highest BCUT2D eigenvalue weighted by molar-refractivity contribution is 9.10. The largest absolute Gasteiger partial charge is 0.448 e. The van der Waals surface area contributed by atoms with E-state index < -0.39 is 0 Å². The molecule has 2 rings (SSSR count). The van der Waals surface area contributed by atoms with Crippen LogP contribution < -0.4 is 11.3 Å². The van der Waals surface area contributed by atoms with Crippen molar-refractivity contribution in [1.82, 2.24) is 10.4 Å². The molecule has 1 unspecified atom stereocenters. The van der Waals surface area contributed by atoms with Crippen LogP contribution in [0.15, 0.2) is 39.4 Å². The summed E-state index contributed by atoms with van der Waals surface area (Å²) in [7, 11) is 0. The Bertz CT molecular complexity index is 486. The number of halogens is 2. The van der Waals surface area contributed by atoms with Gasteiger partial charge in [-0.3, -0.25) is 10.8 Å². The van der Waals surface area contributed by atoms with E-state index in [2.05, 4.69) is 26.3 Å². The Labute approximate surface area is 112 Å². The molecule has 0 bridgehead atoms. The summed E-state index contributed by atoms with van der Waals surface area (Å²) in [5, 5.41) is 0.351. The molecule has 0 saturated carbocycles. The van der Waals surface area contributed by atoms with Gasteiger partial charge >= 0.3 is 0 Å². The third kappa shape index (κ3) is 3.29. The normalized spacial score (nSPS) is 12.6. The van der Waals surface area contributed by atoms with E-state index in [-0.39, 0.29) is 6.04 Å². The van der Waals surface area contributed by atoms with Gasteiger partial charge in [-0.1, -0.05) is 0 Å². The molecule has 2 heterocycles. The van der Waals surface area contributed by atoms with Crippen molar-refractivity contribution in [2.45, 2.75) is 12.5 Å². The van der Waals surface area contributed by atoms with E-state index in [1.165, 1.54) is 0 Å². The third-order valence-electron chi connectivity index (χ3n) is 2.34. The second-order valence-electron chi connectivity index (χ2n) is 3.53. The Morgan fingerprint density at radius 2 is 2.24 bits per heavy atom. The van der Waals surface area contributed by atoms with Gasteiger partial charge < -0.3 is 4.42 Å². The standard InChI is InChI=1S/C11H11BrClN3O/c12-7-1-2-8(15-6-7)5-9(16-14)10-3-4-11(13)17-10/h1-4,6,9,16H,5,14H2. The van der Waals surface area contributed by atoms with E-state index in [9.17, 15) is 0 Å². The van der Waals surface area contributed by atoms with Crippen molar-refractivity contribution in [2.24, 2.45) is 5.84 Å². The number of rotatable bonds is 4. The molecule has 3 N–H and O–H groups in total.